The quantitative estimate of drug-likeness (QED) is 0.467. The molecular formula is C22H26ClF3N2O2S2. The van der Waals surface area contributed by atoms with Crippen LogP contribution < -0.4 is 5.32 Å². The van der Waals surface area contributed by atoms with Gasteiger partial charge in [0.25, 0.3) is 0 Å². The van der Waals surface area contributed by atoms with Gasteiger partial charge in [0.15, 0.2) is 0 Å². The van der Waals surface area contributed by atoms with E-state index in [1.807, 2.05) is 13.8 Å². The van der Waals surface area contributed by atoms with Gasteiger partial charge in [-0.25, -0.2) is 8.42 Å². The molecule has 176 valence electrons. The van der Waals surface area contributed by atoms with Crippen LogP contribution in [0.2, 0.25) is 5.02 Å². The molecule has 0 bridgehead atoms. The first-order chi connectivity index (χ1) is 15.0. The lowest BCUT2D eigenvalue weighted by molar-refractivity contribution is -0.0328. The van der Waals surface area contributed by atoms with E-state index in [4.69, 9.17) is 11.6 Å². The minimum atomic E-state index is -4.48. The summed E-state index contributed by atoms with van der Waals surface area (Å²) in [7, 11) is -3.86. The van der Waals surface area contributed by atoms with Crippen molar-refractivity contribution in [1.82, 2.24) is 9.62 Å². The Balaban J connectivity index is 1.95. The van der Waals surface area contributed by atoms with Crippen LogP contribution in [0.1, 0.15) is 43.7 Å². The second-order valence-corrected chi connectivity index (χ2v) is 11.5. The number of sulfonamides is 1. The van der Waals surface area contributed by atoms with Crippen molar-refractivity contribution in [1.29, 1.82) is 0 Å². The van der Waals surface area contributed by atoms with E-state index in [-0.39, 0.29) is 45.1 Å². The lowest BCUT2D eigenvalue weighted by Gasteiger charge is -2.34. The van der Waals surface area contributed by atoms with Crippen LogP contribution in [0.25, 0.3) is 0 Å². The summed E-state index contributed by atoms with van der Waals surface area (Å²) in [5.41, 5.74) is -2.99. The van der Waals surface area contributed by atoms with Crippen molar-refractivity contribution in [3.63, 3.8) is 0 Å². The third-order valence-corrected chi connectivity index (χ3v) is 8.57. The Kier molecular flexibility index (Phi) is 8.20. The molecular weight excluding hydrogens is 481 g/mol. The number of hydrogen-bond acceptors (Lipinski definition) is 4. The molecule has 1 heterocycles. The highest BCUT2D eigenvalue weighted by Crippen LogP contribution is 2.41. The summed E-state index contributed by atoms with van der Waals surface area (Å²) in [6.45, 7) is 5.39. The number of alkyl halides is 3. The van der Waals surface area contributed by atoms with Crippen LogP contribution in [0.15, 0.2) is 52.3 Å². The molecule has 2 aromatic carbocycles. The van der Waals surface area contributed by atoms with Crippen LogP contribution in [0.3, 0.4) is 0 Å². The summed E-state index contributed by atoms with van der Waals surface area (Å²) in [5.74, 6) is 0.269. The Hall–Kier alpha value is -1.26. The average molecular weight is 507 g/mol. The fourth-order valence-corrected chi connectivity index (χ4v) is 6.23. The van der Waals surface area contributed by atoms with Crippen molar-refractivity contribution < 1.29 is 21.6 Å². The largest absolute Gasteiger partial charge is 0.446 e. The Morgan fingerprint density at radius 1 is 1.12 bits per heavy atom. The molecule has 1 aliphatic rings. The number of thioether (sulfide) groups is 1. The van der Waals surface area contributed by atoms with E-state index in [1.165, 1.54) is 16.4 Å². The van der Waals surface area contributed by atoms with Gasteiger partial charge >= 0.3 is 5.51 Å². The lowest BCUT2D eigenvalue weighted by atomic mass is 10.0. The van der Waals surface area contributed by atoms with E-state index < -0.39 is 15.5 Å². The molecule has 0 atom stereocenters. The van der Waals surface area contributed by atoms with Gasteiger partial charge in [-0.1, -0.05) is 43.6 Å². The normalized spacial score (nSPS) is 16.1. The molecule has 4 nitrogen and oxygen atoms in total. The molecule has 1 saturated heterocycles. The molecule has 10 heteroatoms. The minimum absolute atomic E-state index is 0.0170. The number of hydrogen-bond donors (Lipinski definition) is 1. The zero-order valence-electron chi connectivity index (χ0n) is 17.8. The number of halogens is 4. The minimum Gasteiger partial charge on any atom is -0.317 e. The predicted molar refractivity (Wildman–Crippen MR) is 123 cm³/mol. The second-order valence-electron chi connectivity index (χ2n) is 8.07. The summed E-state index contributed by atoms with van der Waals surface area (Å²) < 4.78 is 67.3. The second kappa shape index (κ2) is 10.3. The van der Waals surface area contributed by atoms with Crippen molar-refractivity contribution in [2.24, 2.45) is 0 Å². The highest BCUT2D eigenvalue weighted by atomic mass is 35.5. The van der Waals surface area contributed by atoms with Crippen LogP contribution in [0.5, 0.6) is 0 Å². The van der Waals surface area contributed by atoms with Gasteiger partial charge in [-0.2, -0.15) is 17.5 Å². The van der Waals surface area contributed by atoms with Crippen molar-refractivity contribution in [2.75, 3.05) is 13.1 Å². The Labute approximate surface area is 196 Å². The van der Waals surface area contributed by atoms with Crippen LogP contribution >= 0.6 is 23.4 Å². The molecule has 0 unspecified atom stereocenters. The Bertz CT molecular complexity index is 1020. The van der Waals surface area contributed by atoms with Gasteiger partial charge in [-0.05, 0) is 79.0 Å². The summed E-state index contributed by atoms with van der Waals surface area (Å²) in [6, 6.07) is 10.9. The SMILES string of the molecule is CC(C)c1ccc(S(=O)(=O)N(Cc2ccc(Cl)c(SC(F)(F)F)c2)C2CCNCC2)cc1. The summed E-state index contributed by atoms with van der Waals surface area (Å²) >= 11 is 5.66. The van der Waals surface area contributed by atoms with Gasteiger partial charge < -0.3 is 5.32 Å². The van der Waals surface area contributed by atoms with E-state index in [1.54, 1.807) is 30.3 Å². The van der Waals surface area contributed by atoms with Gasteiger partial charge in [0.2, 0.25) is 10.0 Å². The van der Waals surface area contributed by atoms with Gasteiger partial charge in [0, 0.05) is 17.5 Å². The number of nitrogens with one attached hydrogen (secondary N) is 1. The zero-order chi connectivity index (χ0) is 23.5. The first kappa shape index (κ1) is 25.4. The fourth-order valence-electron chi connectivity index (χ4n) is 3.69. The number of nitrogens with zero attached hydrogens (tertiary/aromatic N) is 1. The van der Waals surface area contributed by atoms with Gasteiger partial charge in [-0.3, -0.25) is 0 Å². The summed E-state index contributed by atoms with van der Waals surface area (Å²) in [6.07, 6.45) is 1.25. The smallest absolute Gasteiger partial charge is 0.317 e. The van der Waals surface area contributed by atoms with Gasteiger partial charge in [0.05, 0.1) is 9.92 Å². The van der Waals surface area contributed by atoms with Crippen molar-refractivity contribution >= 4 is 33.4 Å². The molecule has 1 N–H and O–H groups in total. The van der Waals surface area contributed by atoms with Crippen LogP contribution in [0, 0.1) is 0 Å². The van der Waals surface area contributed by atoms with Crippen molar-refractivity contribution in [2.45, 2.75) is 60.5 Å². The first-order valence-corrected chi connectivity index (χ1v) is 13.0. The molecule has 1 fully saturated rings. The molecule has 1 aliphatic heterocycles. The van der Waals surface area contributed by atoms with Gasteiger partial charge in [-0.15, -0.1) is 0 Å². The van der Waals surface area contributed by atoms with Crippen LogP contribution in [-0.2, 0) is 16.6 Å². The highest BCUT2D eigenvalue weighted by Gasteiger charge is 2.34. The third kappa shape index (κ3) is 6.41. The highest BCUT2D eigenvalue weighted by molar-refractivity contribution is 8.00. The van der Waals surface area contributed by atoms with Crippen molar-refractivity contribution in [3.8, 4) is 0 Å². The molecule has 0 spiro atoms. The molecule has 32 heavy (non-hydrogen) atoms. The Morgan fingerprint density at radius 3 is 2.31 bits per heavy atom. The van der Waals surface area contributed by atoms with E-state index in [9.17, 15) is 21.6 Å². The molecule has 0 aliphatic carbocycles. The summed E-state index contributed by atoms with van der Waals surface area (Å²) in [4.78, 5) is 0.0416. The first-order valence-electron chi connectivity index (χ1n) is 10.3. The fraction of sp³-hybridized carbons (Fsp3) is 0.455. The number of rotatable bonds is 7. The topological polar surface area (TPSA) is 49.4 Å². The maximum atomic E-state index is 13.6. The standard InChI is InChI=1S/C22H26ClF3N2O2S2/c1-15(2)17-4-6-19(7-5-17)32(29,30)28(18-9-11-27-12-10-18)14-16-3-8-20(23)21(13-16)31-22(24,25)26/h3-8,13,15,18,27H,9-12,14H2,1-2H3. The van der Waals surface area contributed by atoms with Gasteiger partial charge in [0.1, 0.15) is 0 Å². The lowest BCUT2D eigenvalue weighted by Crippen LogP contribution is -2.45. The van der Waals surface area contributed by atoms with Crippen LogP contribution in [-0.4, -0.2) is 37.4 Å². The molecule has 0 saturated carbocycles. The van der Waals surface area contributed by atoms with Crippen LogP contribution in [0.4, 0.5) is 13.2 Å². The molecule has 0 radical (unpaired) electrons. The van der Waals surface area contributed by atoms with E-state index in [2.05, 4.69) is 5.32 Å². The molecule has 0 amide bonds. The Morgan fingerprint density at radius 2 is 1.75 bits per heavy atom. The average Bonchev–Trinajstić information content (AvgIpc) is 2.73. The molecule has 2 aromatic rings. The number of benzene rings is 2. The molecule has 3 rings (SSSR count). The number of piperidine rings is 1. The predicted octanol–water partition coefficient (Wildman–Crippen LogP) is 6.02. The third-order valence-electron chi connectivity index (χ3n) is 5.43. The zero-order valence-corrected chi connectivity index (χ0v) is 20.2. The maximum absolute atomic E-state index is 13.6. The van der Waals surface area contributed by atoms with Crippen molar-refractivity contribution in [3.05, 3.63) is 58.6 Å². The maximum Gasteiger partial charge on any atom is 0.446 e. The molecule has 0 aromatic heterocycles. The monoisotopic (exact) mass is 506 g/mol. The van der Waals surface area contributed by atoms with E-state index >= 15 is 0 Å². The summed E-state index contributed by atoms with van der Waals surface area (Å²) in [5, 5.41) is 3.20. The van der Waals surface area contributed by atoms with E-state index in [0.29, 0.717) is 31.5 Å². The van der Waals surface area contributed by atoms with E-state index in [0.717, 1.165) is 5.56 Å².